The van der Waals surface area contributed by atoms with E-state index in [0.717, 1.165) is 12.0 Å². The summed E-state index contributed by atoms with van der Waals surface area (Å²) in [5.41, 5.74) is -2.81. The van der Waals surface area contributed by atoms with Crippen LogP contribution in [0.2, 0.25) is 0 Å². The predicted octanol–water partition coefficient (Wildman–Crippen LogP) is 1.69. The van der Waals surface area contributed by atoms with Gasteiger partial charge in [-0.05, 0) is 23.7 Å². The number of carbonyl (C=O) groups excluding carboxylic acids is 4. The number of nitrogens with zero attached hydrogens (tertiary/aromatic N) is 1. The highest BCUT2D eigenvalue weighted by Crippen LogP contribution is 2.75. The van der Waals surface area contributed by atoms with Gasteiger partial charge in [0.1, 0.15) is 17.9 Å². The molecular weight excluding hydrogens is 393 g/mol. The van der Waals surface area contributed by atoms with E-state index in [9.17, 15) is 32.3 Å². The maximum Gasteiger partial charge on any atom is 0.471 e. The van der Waals surface area contributed by atoms with E-state index in [-0.39, 0.29) is 18.2 Å². The van der Waals surface area contributed by atoms with Gasteiger partial charge in [0.05, 0.1) is 12.5 Å². The first-order valence-corrected chi connectivity index (χ1v) is 9.22. The summed E-state index contributed by atoms with van der Waals surface area (Å²) in [5, 5.41) is 1.75. The first kappa shape index (κ1) is 23.2. The van der Waals surface area contributed by atoms with E-state index in [1.54, 1.807) is 5.32 Å². The Balaban J connectivity index is 2.45. The molecule has 0 radical (unpaired) electrons. The van der Waals surface area contributed by atoms with Gasteiger partial charge in [-0.25, -0.2) is 4.79 Å². The monoisotopic (exact) mass is 420 g/mol. The molecule has 4 atom stereocenters. The van der Waals surface area contributed by atoms with E-state index in [4.69, 9.17) is 4.74 Å². The van der Waals surface area contributed by atoms with Gasteiger partial charge in [-0.3, -0.25) is 14.4 Å². The summed E-state index contributed by atoms with van der Waals surface area (Å²) < 4.78 is 43.2. The number of carbonyl (C=O) groups is 4. The van der Waals surface area contributed by atoms with Crippen molar-refractivity contribution in [3.8, 4) is 0 Å². The van der Waals surface area contributed by atoms with Crippen molar-refractivity contribution < 1.29 is 37.1 Å². The van der Waals surface area contributed by atoms with Crippen LogP contribution in [0.5, 0.6) is 0 Å². The number of hydrogen-bond acceptors (Lipinski definition) is 5. The standard InChI is InChI=1S/C19H27F3N2O5/c1-9(25)18-10(17(18,5)6)8-24(12(18)14(27)29-7)13(26)11(16(2,3)4)23-15(28)19(20,21)22/h10-12H,8H2,1-7H3,(H,23,28). The minimum atomic E-state index is -5.17. The summed E-state index contributed by atoms with van der Waals surface area (Å²) in [6.07, 6.45) is -5.17. The van der Waals surface area contributed by atoms with Gasteiger partial charge >= 0.3 is 18.1 Å². The van der Waals surface area contributed by atoms with Crippen LogP contribution in [0.4, 0.5) is 13.2 Å². The molecule has 4 unspecified atom stereocenters. The van der Waals surface area contributed by atoms with Crippen LogP contribution in [0, 0.1) is 22.2 Å². The average molecular weight is 420 g/mol. The van der Waals surface area contributed by atoms with Crippen molar-refractivity contribution >= 4 is 23.6 Å². The Labute approximate surface area is 167 Å². The zero-order chi connectivity index (χ0) is 22.7. The van der Waals surface area contributed by atoms with E-state index in [1.165, 1.54) is 27.7 Å². The number of amides is 2. The smallest absolute Gasteiger partial charge is 0.467 e. The summed E-state index contributed by atoms with van der Waals surface area (Å²) in [5.74, 6) is -4.53. The second-order valence-corrected chi connectivity index (χ2v) is 9.39. The lowest BCUT2D eigenvalue weighted by atomic mass is 9.82. The van der Waals surface area contributed by atoms with Crippen LogP contribution in [-0.4, -0.2) is 60.4 Å². The quantitative estimate of drug-likeness (QED) is 0.699. The minimum Gasteiger partial charge on any atom is -0.467 e. The van der Waals surface area contributed by atoms with Gasteiger partial charge in [-0.1, -0.05) is 34.6 Å². The molecule has 2 amide bonds. The molecule has 1 aliphatic heterocycles. The molecule has 164 valence electrons. The lowest BCUT2D eigenvalue weighted by molar-refractivity contribution is -0.176. The largest absolute Gasteiger partial charge is 0.471 e. The lowest BCUT2D eigenvalue weighted by Gasteiger charge is -2.38. The zero-order valence-electron chi connectivity index (χ0n) is 17.6. The van der Waals surface area contributed by atoms with Gasteiger partial charge in [0, 0.05) is 6.54 Å². The molecule has 29 heavy (non-hydrogen) atoms. The number of alkyl halides is 3. The molecule has 0 spiro atoms. The van der Waals surface area contributed by atoms with Crippen LogP contribution >= 0.6 is 0 Å². The number of hydrogen-bond donors (Lipinski definition) is 1. The molecule has 10 heteroatoms. The fourth-order valence-electron chi connectivity index (χ4n) is 4.93. The van der Waals surface area contributed by atoms with Crippen molar-refractivity contribution in [1.29, 1.82) is 0 Å². The molecule has 0 aromatic heterocycles. The number of likely N-dealkylation sites (tertiary alicyclic amines) is 1. The lowest BCUT2D eigenvalue weighted by Crippen LogP contribution is -2.61. The van der Waals surface area contributed by atoms with Crippen molar-refractivity contribution in [2.24, 2.45) is 22.2 Å². The molecule has 1 saturated heterocycles. The van der Waals surface area contributed by atoms with Crippen molar-refractivity contribution in [2.75, 3.05) is 13.7 Å². The third kappa shape index (κ3) is 3.30. The van der Waals surface area contributed by atoms with Crippen LogP contribution in [0.15, 0.2) is 0 Å². The molecule has 1 saturated carbocycles. The number of piperidine rings is 1. The molecule has 1 aliphatic carbocycles. The Bertz CT molecular complexity index is 756. The number of ketones is 1. The fraction of sp³-hybridized carbons (Fsp3) is 0.789. The van der Waals surface area contributed by atoms with Crippen LogP contribution < -0.4 is 5.32 Å². The molecule has 0 aromatic rings. The molecule has 1 N–H and O–H groups in total. The summed E-state index contributed by atoms with van der Waals surface area (Å²) in [6, 6.07) is -2.81. The number of Topliss-reactive ketones (excluding diaryl/α,β-unsaturated/α-hetero) is 1. The number of methoxy groups -OCH3 is 1. The van der Waals surface area contributed by atoms with Crippen molar-refractivity contribution in [1.82, 2.24) is 10.2 Å². The summed E-state index contributed by atoms with van der Waals surface area (Å²) in [4.78, 5) is 51.0. The Morgan fingerprint density at radius 1 is 1.14 bits per heavy atom. The summed E-state index contributed by atoms with van der Waals surface area (Å²) in [7, 11) is 1.12. The van der Waals surface area contributed by atoms with E-state index in [1.807, 2.05) is 13.8 Å². The highest BCUT2D eigenvalue weighted by molar-refractivity contribution is 6.00. The Kier molecular flexibility index (Phi) is 5.35. The van der Waals surface area contributed by atoms with Gasteiger partial charge in [0.25, 0.3) is 0 Å². The summed E-state index contributed by atoms with van der Waals surface area (Å²) >= 11 is 0. The maximum atomic E-state index is 13.3. The van der Waals surface area contributed by atoms with E-state index < -0.39 is 52.3 Å². The third-order valence-corrected chi connectivity index (χ3v) is 6.46. The molecule has 7 nitrogen and oxygen atoms in total. The minimum absolute atomic E-state index is 0.0135. The van der Waals surface area contributed by atoms with Gasteiger partial charge in [0.15, 0.2) is 0 Å². The van der Waals surface area contributed by atoms with E-state index in [2.05, 4.69) is 0 Å². The number of nitrogens with one attached hydrogen (secondary N) is 1. The van der Waals surface area contributed by atoms with E-state index >= 15 is 0 Å². The topological polar surface area (TPSA) is 92.8 Å². The molecular formula is C19H27F3N2O5. The molecule has 2 aliphatic rings. The van der Waals surface area contributed by atoms with Crippen LogP contribution in [0.1, 0.15) is 41.5 Å². The SMILES string of the molecule is COC(=O)C1N(C(=O)C(NC(=O)C(F)(F)F)C(C)(C)C)CC2C(C)(C)C12C(C)=O. The second-order valence-electron chi connectivity index (χ2n) is 9.39. The van der Waals surface area contributed by atoms with Gasteiger partial charge in [-0.2, -0.15) is 13.2 Å². The maximum absolute atomic E-state index is 13.3. The third-order valence-electron chi connectivity index (χ3n) is 6.46. The highest BCUT2D eigenvalue weighted by Gasteiger charge is 2.83. The Hall–Kier alpha value is -2.13. The molecule has 2 fully saturated rings. The number of fused-ring (bicyclic) bond motifs is 1. The van der Waals surface area contributed by atoms with Crippen molar-refractivity contribution in [3.63, 3.8) is 0 Å². The number of rotatable bonds is 4. The molecule has 0 bridgehead atoms. The summed E-state index contributed by atoms with van der Waals surface area (Å²) in [6.45, 7) is 9.47. The van der Waals surface area contributed by atoms with Crippen LogP contribution in [0.25, 0.3) is 0 Å². The van der Waals surface area contributed by atoms with Crippen LogP contribution in [-0.2, 0) is 23.9 Å². The Morgan fingerprint density at radius 2 is 1.66 bits per heavy atom. The van der Waals surface area contributed by atoms with Crippen LogP contribution in [0.3, 0.4) is 0 Å². The van der Waals surface area contributed by atoms with Gasteiger partial charge in [0.2, 0.25) is 5.91 Å². The number of ether oxygens (including phenoxy) is 1. The predicted molar refractivity (Wildman–Crippen MR) is 95.3 cm³/mol. The molecule has 2 rings (SSSR count). The average Bonchev–Trinajstić information content (AvgIpc) is 2.89. The highest BCUT2D eigenvalue weighted by atomic mass is 19.4. The van der Waals surface area contributed by atoms with Gasteiger partial charge in [-0.15, -0.1) is 0 Å². The number of halogens is 3. The Morgan fingerprint density at radius 3 is 2.03 bits per heavy atom. The second kappa shape index (κ2) is 6.70. The molecule has 1 heterocycles. The van der Waals surface area contributed by atoms with Gasteiger partial charge < -0.3 is 15.0 Å². The van der Waals surface area contributed by atoms with Crippen molar-refractivity contribution in [2.45, 2.75) is 59.8 Å². The first-order valence-electron chi connectivity index (χ1n) is 9.22. The molecule has 0 aromatic carbocycles. The van der Waals surface area contributed by atoms with E-state index in [0.29, 0.717) is 0 Å². The number of esters is 1. The fourth-order valence-corrected chi connectivity index (χ4v) is 4.93. The first-order chi connectivity index (χ1) is 13.0. The van der Waals surface area contributed by atoms with Crippen molar-refractivity contribution in [3.05, 3.63) is 0 Å². The normalized spacial score (nSPS) is 29.0. The zero-order valence-corrected chi connectivity index (χ0v) is 17.6.